The molecule has 1 saturated carbocycles. The number of methoxy groups -OCH3 is 1. The number of aryl methyl sites for hydroxylation is 1. The fourth-order valence-electron chi connectivity index (χ4n) is 3.52. The maximum atomic E-state index is 12.6. The molecule has 0 aliphatic heterocycles. The van der Waals surface area contributed by atoms with Gasteiger partial charge in [-0.25, -0.2) is 0 Å². The van der Waals surface area contributed by atoms with Gasteiger partial charge < -0.3 is 20.3 Å². The molecule has 6 heteroatoms. The van der Waals surface area contributed by atoms with Crippen LogP contribution in [0.3, 0.4) is 0 Å². The molecule has 0 atom stereocenters. The van der Waals surface area contributed by atoms with Crippen LogP contribution in [0.25, 0.3) is 0 Å². The lowest BCUT2D eigenvalue weighted by molar-refractivity contribution is -0.128. The van der Waals surface area contributed by atoms with Crippen LogP contribution in [-0.2, 0) is 9.59 Å². The Kier molecular flexibility index (Phi) is 8.10. The number of amides is 2. The number of nitrogens with zero attached hydrogens (tertiary/aromatic N) is 1. The predicted octanol–water partition coefficient (Wildman–Crippen LogP) is 2.82. The smallest absolute Gasteiger partial charge is 0.227 e. The van der Waals surface area contributed by atoms with Gasteiger partial charge in [0.2, 0.25) is 11.8 Å². The molecule has 1 aliphatic rings. The van der Waals surface area contributed by atoms with Gasteiger partial charge in [0, 0.05) is 18.4 Å². The molecule has 0 radical (unpaired) electrons. The second-order valence-electron chi connectivity index (χ2n) is 7.69. The molecule has 0 bridgehead atoms. The van der Waals surface area contributed by atoms with Crippen molar-refractivity contribution in [3.8, 4) is 5.75 Å². The first kappa shape index (κ1) is 21.2. The molecule has 0 heterocycles. The highest BCUT2D eigenvalue weighted by molar-refractivity contribution is 5.94. The number of anilines is 1. The zero-order chi connectivity index (χ0) is 19.8. The molecule has 2 rings (SSSR count). The first-order valence-corrected chi connectivity index (χ1v) is 9.78. The van der Waals surface area contributed by atoms with Crippen LogP contribution >= 0.6 is 0 Å². The predicted molar refractivity (Wildman–Crippen MR) is 108 cm³/mol. The first-order chi connectivity index (χ1) is 12.9. The van der Waals surface area contributed by atoms with Crippen LogP contribution < -0.4 is 15.4 Å². The van der Waals surface area contributed by atoms with E-state index < -0.39 is 0 Å². The second-order valence-corrected chi connectivity index (χ2v) is 7.69. The highest BCUT2D eigenvalue weighted by Gasteiger charge is 2.30. The SMILES string of the molecule is COc1ccc(C)cc1NC(=O)C1CCC(C(=O)NCCCN(C)C)CC1. The third-order valence-electron chi connectivity index (χ3n) is 5.16. The molecule has 1 aromatic carbocycles. The maximum Gasteiger partial charge on any atom is 0.227 e. The molecule has 0 aromatic heterocycles. The zero-order valence-electron chi connectivity index (χ0n) is 17.0. The Hall–Kier alpha value is -2.08. The summed E-state index contributed by atoms with van der Waals surface area (Å²) in [6.07, 6.45) is 3.98. The number of carbonyl (C=O) groups excluding carboxylic acids is 2. The number of hydrogen-bond donors (Lipinski definition) is 2. The van der Waals surface area contributed by atoms with Crippen molar-refractivity contribution in [1.29, 1.82) is 0 Å². The van der Waals surface area contributed by atoms with Gasteiger partial charge >= 0.3 is 0 Å². The first-order valence-electron chi connectivity index (χ1n) is 9.78. The Balaban J connectivity index is 1.79. The molecule has 2 N–H and O–H groups in total. The quantitative estimate of drug-likeness (QED) is 0.686. The van der Waals surface area contributed by atoms with E-state index in [1.165, 1.54) is 0 Å². The summed E-state index contributed by atoms with van der Waals surface area (Å²) in [5.41, 5.74) is 1.78. The summed E-state index contributed by atoms with van der Waals surface area (Å²) in [6.45, 7) is 3.66. The Morgan fingerprint density at radius 3 is 2.33 bits per heavy atom. The summed E-state index contributed by atoms with van der Waals surface area (Å²) < 4.78 is 5.33. The van der Waals surface area contributed by atoms with Crippen molar-refractivity contribution >= 4 is 17.5 Å². The average molecular weight is 376 g/mol. The largest absolute Gasteiger partial charge is 0.495 e. The van der Waals surface area contributed by atoms with Crippen molar-refractivity contribution in [2.45, 2.75) is 39.0 Å². The molecule has 0 saturated heterocycles. The van der Waals surface area contributed by atoms with Crippen LogP contribution in [0.5, 0.6) is 5.75 Å². The minimum atomic E-state index is -0.0481. The minimum absolute atomic E-state index is 0.0174. The number of benzene rings is 1. The van der Waals surface area contributed by atoms with Crippen molar-refractivity contribution < 1.29 is 14.3 Å². The summed E-state index contributed by atoms with van der Waals surface area (Å²) in [4.78, 5) is 27.0. The third kappa shape index (κ3) is 6.54. The van der Waals surface area contributed by atoms with E-state index in [0.29, 0.717) is 18.0 Å². The van der Waals surface area contributed by atoms with E-state index in [2.05, 4.69) is 15.5 Å². The Morgan fingerprint density at radius 2 is 1.74 bits per heavy atom. The highest BCUT2D eigenvalue weighted by atomic mass is 16.5. The van der Waals surface area contributed by atoms with Crippen molar-refractivity contribution in [1.82, 2.24) is 10.2 Å². The van der Waals surface area contributed by atoms with Gasteiger partial charge in [0.25, 0.3) is 0 Å². The normalized spacial score (nSPS) is 19.6. The summed E-state index contributed by atoms with van der Waals surface area (Å²) in [5.74, 6) is 0.798. The Bertz CT molecular complexity index is 638. The van der Waals surface area contributed by atoms with Gasteiger partial charge in [0.15, 0.2) is 0 Å². The van der Waals surface area contributed by atoms with Gasteiger partial charge in [-0.05, 0) is 77.4 Å². The molecular weight excluding hydrogens is 342 g/mol. The highest BCUT2D eigenvalue weighted by Crippen LogP contribution is 2.31. The van der Waals surface area contributed by atoms with Crippen LogP contribution in [-0.4, -0.2) is 51.0 Å². The summed E-state index contributed by atoms with van der Waals surface area (Å²) >= 11 is 0. The van der Waals surface area contributed by atoms with Gasteiger partial charge in [-0.1, -0.05) is 6.07 Å². The van der Waals surface area contributed by atoms with Crippen LogP contribution in [0.2, 0.25) is 0 Å². The lowest BCUT2D eigenvalue weighted by Crippen LogP contribution is -2.36. The summed E-state index contributed by atoms with van der Waals surface area (Å²) in [6, 6.07) is 5.74. The monoisotopic (exact) mass is 375 g/mol. The van der Waals surface area contributed by atoms with Crippen LogP contribution in [0.1, 0.15) is 37.7 Å². The van der Waals surface area contributed by atoms with Crippen molar-refractivity contribution in [2.75, 3.05) is 39.6 Å². The van der Waals surface area contributed by atoms with Crippen LogP contribution in [0.15, 0.2) is 18.2 Å². The topological polar surface area (TPSA) is 70.7 Å². The Labute approximate surface area is 162 Å². The molecule has 1 aliphatic carbocycles. The van der Waals surface area contributed by atoms with Gasteiger partial charge in [0.1, 0.15) is 5.75 Å². The maximum absolute atomic E-state index is 12.6. The van der Waals surface area contributed by atoms with Gasteiger partial charge in [-0.2, -0.15) is 0 Å². The van der Waals surface area contributed by atoms with Gasteiger partial charge in [-0.15, -0.1) is 0 Å². The molecule has 0 unspecified atom stereocenters. The number of hydrogen-bond acceptors (Lipinski definition) is 4. The van der Waals surface area contributed by atoms with E-state index in [-0.39, 0.29) is 23.7 Å². The summed E-state index contributed by atoms with van der Waals surface area (Å²) in [5, 5.41) is 6.03. The molecule has 2 amide bonds. The third-order valence-corrected chi connectivity index (χ3v) is 5.16. The molecule has 6 nitrogen and oxygen atoms in total. The fourth-order valence-corrected chi connectivity index (χ4v) is 3.52. The molecular formula is C21H33N3O3. The molecule has 150 valence electrons. The lowest BCUT2D eigenvalue weighted by atomic mass is 9.81. The second kappa shape index (κ2) is 10.3. The van der Waals surface area contributed by atoms with E-state index in [4.69, 9.17) is 4.74 Å². The van der Waals surface area contributed by atoms with Crippen LogP contribution in [0.4, 0.5) is 5.69 Å². The van der Waals surface area contributed by atoms with E-state index in [9.17, 15) is 9.59 Å². The number of ether oxygens (including phenoxy) is 1. The van der Waals surface area contributed by atoms with Gasteiger partial charge in [-0.3, -0.25) is 9.59 Å². The Morgan fingerprint density at radius 1 is 1.11 bits per heavy atom. The minimum Gasteiger partial charge on any atom is -0.495 e. The van der Waals surface area contributed by atoms with Crippen molar-refractivity contribution in [3.05, 3.63) is 23.8 Å². The van der Waals surface area contributed by atoms with E-state index >= 15 is 0 Å². The van der Waals surface area contributed by atoms with E-state index in [1.54, 1.807) is 7.11 Å². The van der Waals surface area contributed by atoms with Crippen LogP contribution in [0, 0.1) is 18.8 Å². The molecule has 27 heavy (non-hydrogen) atoms. The lowest BCUT2D eigenvalue weighted by Gasteiger charge is -2.27. The fraction of sp³-hybridized carbons (Fsp3) is 0.619. The van der Waals surface area contributed by atoms with Crippen molar-refractivity contribution in [3.63, 3.8) is 0 Å². The van der Waals surface area contributed by atoms with E-state index in [0.717, 1.165) is 44.2 Å². The number of nitrogens with one attached hydrogen (secondary N) is 2. The summed E-state index contributed by atoms with van der Waals surface area (Å²) in [7, 11) is 5.66. The molecule has 1 aromatic rings. The number of rotatable bonds is 8. The van der Waals surface area contributed by atoms with E-state index in [1.807, 2.05) is 39.2 Å². The van der Waals surface area contributed by atoms with Gasteiger partial charge in [0.05, 0.1) is 12.8 Å². The molecule has 0 spiro atoms. The molecule has 1 fully saturated rings. The average Bonchev–Trinajstić information content (AvgIpc) is 2.65. The standard InChI is InChI=1S/C21H33N3O3/c1-15-6-11-19(27-4)18(14-15)23-21(26)17-9-7-16(8-10-17)20(25)22-12-5-13-24(2)3/h6,11,14,16-17H,5,7-10,12-13H2,1-4H3,(H,22,25)(H,23,26). The zero-order valence-corrected chi connectivity index (χ0v) is 17.0. The number of carbonyl (C=O) groups is 2. The van der Waals surface area contributed by atoms with Crippen molar-refractivity contribution in [2.24, 2.45) is 11.8 Å².